The summed E-state index contributed by atoms with van der Waals surface area (Å²) in [6, 6.07) is 2.76. The van der Waals surface area contributed by atoms with E-state index in [0.717, 1.165) is 57.4 Å². The number of rotatable bonds is 7. The summed E-state index contributed by atoms with van der Waals surface area (Å²) >= 11 is 6.47. The van der Waals surface area contributed by atoms with Crippen LogP contribution in [-0.4, -0.2) is 21.6 Å². The van der Waals surface area contributed by atoms with Gasteiger partial charge in [-0.2, -0.15) is 13.2 Å². The number of fused-ring (bicyclic) bond motifs is 1. The van der Waals surface area contributed by atoms with Gasteiger partial charge in [-0.05, 0) is 62.1 Å². The minimum absolute atomic E-state index is 0.0715. The van der Waals surface area contributed by atoms with Crippen molar-refractivity contribution in [3.05, 3.63) is 45.8 Å². The Hall–Kier alpha value is -2.55. The smallest absolute Gasteiger partial charge is 0.420 e. The molecule has 0 atom stereocenters. The molecule has 0 unspecified atom stereocenters. The molecule has 5 rings (SSSR count). The first kappa shape index (κ1) is 24.2. The van der Waals surface area contributed by atoms with E-state index in [1.54, 1.807) is 13.0 Å². The third-order valence-corrected chi connectivity index (χ3v) is 7.49. The van der Waals surface area contributed by atoms with E-state index in [9.17, 15) is 18.0 Å². The molecule has 2 aromatic heterocycles. The third kappa shape index (κ3) is 5.06. The van der Waals surface area contributed by atoms with Crippen LogP contribution in [0.3, 0.4) is 0 Å². The molecule has 2 heterocycles. The summed E-state index contributed by atoms with van der Waals surface area (Å²) in [6.07, 6.45) is 3.60. The number of hydrogen-bond acceptors (Lipinski definition) is 5. The van der Waals surface area contributed by atoms with Crippen molar-refractivity contribution in [2.45, 2.75) is 88.8 Å². The van der Waals surface area contributed by atoms with Crippen LogP contribution >= 0.6 is 11.6 Å². The van der Waals surface area contributed by atoms with E-state index >= 15 is 0 Å². The normalized spacial score (nSPS) is 18.2. The number of amides is 1. The van der Waals surface area contributed by atoms with Crippen LogP contribution in [0, 0.1) is 6.92 Å². The number of nitrogens with one attached hydrogen (secondary N) is 1. The average molecular weight is 510 g/mol. The molecule has 2 saturated carbocycles. The van der Waals surface area contributed by atoms with Gasteiger partial charge in [-0.3, -0.25) is 4.79 Å². The quantitative estimate of drug-likeness (QED) is 0.366. The van der Waals surface area contributed by atoms with Crippen molar-refractivity contribution in [1.29, 1.82) is 0 Å². The second kappa shape index (κ2) is 9.15. The predicted octanol–water partition coefficient (Wildman–Crippen LogP) is 7.13. The van der Waals surface area contributed by atoms with Gasteiger partial charge < -0.3 is 14.2 Å². The highest BCUT2D eigenvalue weighted by Gasteiger charge is 2.39. The summed E-state index contributed by atoms with van der Waals surface area (Å²) in [7, 11) is 0. The van der Waals surface area contributed by atoms with Crippen molar-refractivity contribution in [2.75, 3.05) is 0 Å². The van der Waals surface area contributed by atoms with Crippen LogP contribution in [0.1, 0.15) is 97.2 Å². The topological polar surface area (TPSA) is 81.2 Å². The molecular formula is C25H27ClF3N3O3. The molecule has 10 heteroatoms. The fourth-order valence-electron chi connectivity index (χ4n) is 5.18. The first-order valence-corrected chi connectivity index (χ1v) is 12.5. The monoisotopic (exact) mass is 509 g/mol. The van der Waals surface area contributed by atoms with Gasteiger partial charge in [0.15, 0.2) is 0 Å². The van der Waals surface area contributed by atoms with Crippen LogP contribution in [0.15, 0.2) is 21.0 Å². The Bertz CT molecular complexity index is 1240. The Balaban J connectivity index is 1.41. The van der Waals surface area contributed by atoms with Gasteiger partial charge in [0.2, 0.25) is 17.5 Å². The van der Waals surface area contributed by atoms with Gasteiger partial charge in [-0.1, -0.05) is 30.9 Å². The highest BCUT2D eigenvalue weighted by molar-refractivity contribution is 6.38. The molecule has 1 N–H and O–H groups in total. The number of carbonyl (C=O) groups is 1. The third-order valence-electron chi connectivity index (χ3n) is 7.11. The predicted molar refractivity (Wildman–Crippen MR) is 123 cm³/mol. The van der Waals surface area contributed by atoms with Crippen LogP contribution in [0.25, 0.3) is 11.0 Å². The van der Waals surface area contributed by atoms with Gasteiger partial charge in [-0.15, -0.1) is 10.2 Å². The van der Waals surface area contributed by atoms with Crippen LogP contribution < -0.4 is 5.32 Å². The second-order valence-corrected chi connectivity index (χ2v) is 10.2. The summed E-state index contributed by atoms with van der Waals surface area (Å²) in [5, 5.41) is 11.0. The Labute approximate surface area is 205 Å². The maximum Gasteiger partial charge on any atom is 0.420 e. The molecule has 2 fully saturated rings. The van der Waals surface area contributed by atoms with Gasteiger partial charge in [0.25, 0.3) is 5.91 Å². The van der Waals surface area contributed by atoms with Crippen molar-refractivity contribution in [2.24, 2.45) is 0 Å². The molecule has 0 radical (unpaired) electrons. The Morgan fingerprint density at radius 2 is 1.91 bits per heavy atom. The lowest BCUT2D eigenvalue weighted by Gasteiger charge is -2.38. The first-order chi connectivity index (χ1) is 16.7. The molecule has 2 aliphatic carbocycles. The largest absolute Gasteiger partial charge is 0.449 e. The molecule has 1 amide bonds. The SMILES string of the molecule is Cc1nnc(CCCC2(NC(=O)c3oc4c(C(F)(F)F)cc(C5CC5)cc4c3Cl)CCCCC2)o1. The van der Waals surface area contributed by atoms with Gasteiger partial charge >= 0.3 is 6.18 Å². The summed E-state index contributed by atoms with van der Waals surface area (Å²) in [5.41, 5.74) is -1.18. The zero-order valence-corrected chi connectivity index (χ0v) is 20.2. The van der Waals surface area contributed by atoms with Crippen molar-refractivity contribution in [3.63, 3.8) is 0 Å². The van der Waals surface area contributed by atoms with Gasteiger partial charge in [0, 0.05) is 24.3 Å². The molecule has 6 nitrogen and oxygen atoms in total. The number of benzene rings is 1. The number of aryl methyl sites for hydroxylation is 2. The number of aromatic nitrogens is 2. The standard InChI is InChI=1S/C25H27ClF3N3O3/c1-14-31-32-19(34-14)6-5-11-24(9-3-2-4-10-24)30-23(33)22-20(26)17-12-16(15-7-8-15)13-18(21(17)35-22)25(27,28)29/h12-13,15H,2-11H2,1H3,(H,30,33). The second-order valence-electron chi connectivity index (χ2n) is 9.83. The molecule has 2 aliphatic rings. The number of halogens is 4. The fourth-order valence-corrected chi connectivity index (χ4v) is 5.45. The minimum atomic E-state index is -4.62. The summed E-state index contributed by atoms with van der Waals surface area (Å²) in [5.74, 6) is 0.298. The number of alkyl halides is 3. The fraction of sp³-hybridized carbons (Fsp3) is 0.560. The average Bonchev–Trinajstić information content (AvgIpc) is 3.50. The van der Waals surface area contributed by atoms with Crippen LogP contribution in [-0.2, 0) is 12.6 Å². The van der Waals surface area contributed by atoms with Crippen LogP contribution in [0.5, 0.6) is 0 Å². The first-order valence-electron chi connectivity index (χ1n) is 12.1. The highest BCUT2D eigenvalue weighted by atomic mass is 35.5. The molecule has 0 aliphatic heterocycles. The van der Waals surface area contributed by atoms with E-state index < -0.39 is 23.2 Å². The van der Waals surface area contributed by atoms with Gasteiger partial charge in [0.1, 0.15) is 5.58 Å². The van der Waals surface area contributed by atoms with Crippen LogP contribution in [0.2, 0.25) is 5.02 Å². The van der Waals surface area contributed by atoms with Crippen molar-refractivity contribution >= 4 is 28.5 Å². The van der Waals surface area contributed by atoms with Crippen molar-refractivity contribution < 1.29 is 26.8 Å². The number of hydrogen-bond donors (Lipinski definition) is 1. The molecular weight excluding hydrogens is 483 g/mol. The summed E-state index contributed by atoms with van der Waals surface area (Å²) in [6.45, 7) is 1.73. The summed E-state index contributed by atoms with van der Waals surface area (Å²) < 4.78 is 52.4. The number of carbonyl (C=O) groups excluding carboxylic acids is 1. The molecule has 35 heavy (non-hydrogen) atoms. The Morgan fingerprint density at radius 3 is 2.54 bits per heavy atom. The Morgan fingerprint density at radius 1 is 1.17 bits per heavy atom. The van der Waals surface area contributed by atoms with Gasteiger partial charge in [0.05, 0.1) is 10.6 Å². The number of furan rings is 1. The highest BCUT2D eigenvalue weighted by Crippen LogP contribution is 2.47. The lowest BCUT2D eigenvalue weighted by Crippen LogP contribution is -2.49. The molecule has 0 spiro atoms. The van der Waals surface area contributed by atoms with E-state index in [0.29, 0.717) is 30.2 Å². The maximum atomic E-state index is 13.8. The van der Waals surface area contributed by atoms with E-state index in [1.807, 2.05) is 0 Å². The molecule has 188 valence electrons. The summed E-state index contributed by atoms with van der Waals surface area (Å²) in [4.78, 5) is 13.3. The van der Waals surface area contributed by atoms with Gasteiger partial charge in [-0.25, -0.2) is 0 Å². The molecule has 1 aromatic carbocycles. The molecule has 0 saturated heterocycles. The van der Waals surface area contributed by atoms with E-state index in [2.05, 4.69) is 15.5 Å². The van der Waals surface area contributed by atoms with E-state index in [-0.39, 0.29) is 27.7 Å². The van der Waals surface area contributed by atoms with Crippen molar-refractivity contribution in [3.8, 4) is 0 Å². The van der Waals surface area contributed by atoms with Crippen LogP contribution in [0.4, 0.5) is 13.2 Å². The van der Waals surface area contributed by atoms with E-state index in [1.165, 1.54) is 0 Å². The molecule has 0 bridgehead atoms. The lowest BCUT2D eigenvalue weighted by atomic mass is 9.78. The lowest BCUT2D eigenvalue weighted by molar-refractivity contribution is -0.136. The van der Waals surface area contributed by atoms with E-state index in [4.69, 9.17) is 20.4 Å². The maximum absolute atomic E-state index is 13.8. The molecule has 3 aromatic rings. The van der Waals surface area contributed by atoms with Crippen molar-refractivity contribution in [1.82, 2.24) is 15.5 Å². The zero-order chi connectivity index (χ0) is 24.8. The number of nitrogens with zero attached hydrogens (tertiary/aromatic N) is 2. The zero-order valence-electron chi connectivity index (χ0n) is 19.4. The Kier molecular flexibility index (Phi) is 6.32. The minimum Gasteiger partial charge on any atom is -0.449 e.